The van der Waals surface area contributed by atoms with Gasteiger partial charge in [-0.3, -0.25) is 4.90 Å². The summed E-state index contributed by atoms with van der Waals surface area (Å²) in [6.45, 7) is 5.81. The number of hydrogen-bond acceptors (Lipinski definition) is 2. The fourth-order valence-corrected chi connectivity index (χ4v) is 2.82. The lowest BCUT2D eigenvalue weighted by atomic mass is 10.0. The Morgan fingerprint density at radius 3 is 3.00 bits per heavy atom. The van der Waals surface area contributed by atoms with Crippen LogP contribution in [-0.2, 0) is 0 Å². The average molecular weight is 218 g/mol. The van der Waals surface area contributed by atoms with Crippen molar-refractivity contribution >= 4 is 5.69 Å². The number of nitrogens with two attached hydrogens (primary N) is 1. The van der Waals surface area contributed by atoms with E-state index < -0.39 is 0 Å². The lowest BCUT2D eigenvalue weighted by Gasteiger charge is -2.30. The van der Waals surface area contributed by atoms with Crippen molar-refractivity contribution in [3.8, 4) is 0 Å². The standard InChI is InChI=1S/C14H22N2/c1-3-14-8-5-9-16(14)11(2)12-6-4-7-13(15)10-12/h4,6-7,10-11,14H,3,5,8-9,15H2,1-2H3. The van der Waals surface area contributed by atoms with Crippen molar-refractivity contribution in [2.75, 3.05) is 12.3 Å². The van der Waals surface area contributed by atoms with E-state index in [1.54, 1.807) is 0 Å². The number of nitrogens with zero attached hydrogens (tertiary/aromatic N) is 1. The lowest BCUT2D eigenvalue weighted by molar-refractivity contribution is 0.188. The van der Waals surface area contributed by atoms with E-state index >= 15 is 0 Å². The van der Waals surface area contributed by atoms with Crippen LogP contribution < -0.4 is 5.73 Å². The van der Waals surface area contributed by atoms with Crippen LogP contribution in [0.3, 0.4) is 0 Å². The summed E-state index contributed by atoms with van der Waals surface area (Å²) in [5.41, 5.74) is 8.06. The van der Waals surface area contributed by atoms with Crippen LogP contribution in [0.2, 0.25) is 0 Å². The largest absolute Gasteiger partial charge is 0.399 e. The van der Waals surface area contributed by atoms with Gasteiger partial charge in [0.15, 0.2) is 0 Å². The molecule has 0 amide bonds. The first-order chi connectivity index (χ1) is 7.72. The van der Waals surface area contributed by atoms with Crippen molar-refractivity contribution in [1.29, 1.82) is 0 Å². The van der Waals surface area contributed by atoms with Crippen molar-refractivity contribution in [1.82, 2.24) is 4.90 Å². The highest BCUT2D eigenvalue weighted by Gasteiger charge is 2.27. The molecule has 0 aromatic heterocycles. The van der Waals surface area contributed by atoms with Gasteiger partial charge in [-0.15, -0.1) is 0 Å². The van der Waals surface area contributed by atoms with E-state index in [4.69, 9.17) is 5.73 Å². The first-order valence-electron chi connectivity index (χ1n) is 6.33. The number of likely N-dealkylation sites (tertiary alicyclic amines) is 1. The van der Waals surface area contributed by atoms with Gasteiger partial charge in [-0.25, -0.2) is 0 Å². The summed E-state index contributed by atoms with van der Waals surface area (Å²) in [5, 5.41) is 0. The second kappa shape index (κ2) is 4.88. The Kier molecular flexibility index (Phi) is 3.49. The second-order valence-electron chi connectivity index (χ2n) is 4.79. The van der Waals surface area contributed by atoms with E-state index in [0.29, 0.717) is 6.04 Å². The lowest BCUT2D eigenvalue weighted by Crippen LogP contribution is -2.31. The molecule has 2 heteroatoms. The first kappa shape index (κ1) is 11.5. The van der Waals surface area contributed by atoms with Gasteiger partial charge in [0.05, 0.1) is 0 Å². The summed E-state index contributed by atoms with van der Waals surface area (Å²) in [6.07, 6.45) is 3.95. The monoisotopic (exact) mass is 218 g/mol. The molecule has 2 nitrogen and oxygen atoms in total. The first-order valence-corrected chi connectivity index (χ1v) is 6.33. The fraction of sp³-hybridized carbons (Fsp3) is 0.571. The maximum atomic E-state index is 5.84. The Hall–Kier alpha value is -1.02. The van der Waals surface area contributed by atoms with Gasteiger partial charge >= 0.3 is 0 Å². The third kappa shape index (κ3) is 2.22. The van der Waals surface area contributed by atoms with Gasteiger partial charge in [0.2, 0.25) is 0 Å². The Morgan fingerprint density at radius 1 is 1.50 bits per heavy atom. The van der Waals surface area contributed by atoms with Crippen molar-refractivity contribution in [3.05, 3.63) is 29.8 Å². The molecule has 0 saturated carbocycles. The van der Waals surface area contributed by atoms with Crippen molar-refractivity contribution in [3.63, 3.8) is 0 Å². The van der Waals surface area contributed by atoms with Gasteiger partial charge < -0.3 is 5.73 Å². The van der Waals surface area contributed by atoms with E-state index in [0.717, 1.165) is 11.7 Å². The average Bonchev–Trinajstić information content (AvgIpc) is 2.76. The third-order valence-corrected chi connectivity index (χ3v) is 3.78. The topological polar surface area (TPSA) is 29.3 Å². The minimum Gasteiger partial charge on any atom is -0.399 e. The van der Waals surface area contributed by atoms with Crippen LogP contribution in [0.25, 0.3) is 0 Å². The molecule has 2 atom stereocenters. The predicted octanol–water partition coefficient (Wildman–Crippen LogP) is 3.20. The summed E-state index contributed by atoms with van der Waals surface area (Å²) in [7, 11) is 0. The number of benzene rings is 1. The predicted molar refractivity (Wildman–Crippen MR) is 69.3 cm³/mol. The highest BCUT2D eigenvalue weighted by atomic mass is 15.2. The van der Waals surface area contributed by atoms with Crippen molar-refractivity contribution < 1.29 is 0 Å². The summed E-state index contributed by atoms with van der Waals surface area (Å²) in [5.74, 6) is 0. The number of anilines is 1. The second-order valence-corrected chi connectivity index (χ2v) is 4.79. The quantitative estimate of drug-likeness (QED) is 0.789. The summed E-state index contributed by atoms with van der Waals surface area (Å²) in [6, 6.07) is 9.56. The summed E-state index contributed by atoms with van der Waals surface area (Å²) in [4.78, 5) is 2.62. The molecular formula is C14H22N2. The molecule has 88 valence electrons. The number of nitrogen functional groups attached to an aromatic ring is 1. The van der Waals surface area contributed by atoms with Crippen LogP contribution >= 0.6 is 0 Å². The zero-order valence-corrected chi connectivity index (χ0v) is 10.3. The van der Waals surface area contributed by atoms with Crippen molar-refractivity contribution in [2.45, 2.75) is 45.2 Å². The Labute approximate surface area is 98.4 Å². The normalized spacial score (nSPS) is 23.5. The SMILES string of the molecule is CCC1CCCN1C(C)c1cccc(N)c1. The zero-order valence-electron chi connectivity index (χ0n) is 10.3. The Balaban J connectivity index is 2.15. The van der Waals surface area contributed by atoms with Crippen LogP contribution in [0.1, 0.15) is 44.7 Å². The molecule has 1 heterocycles. The minimum atomic E-state index is 0.496. The van der Waals surface area contributed by atoms with Crippen LogP contribution in [0.15, 0.2) is 24.3 Å². The molecule has 0 aliphatic carbocycles. The van der Waals surface area contributed by atoms with Crippen LogP contribution in [-0.4, -0.2) is 17.5 Å². The van der Waals surface area contributed by atoms with Crippen LogP contribution in [0.4, 0.5) is 5.69 Å². The molecule has 1 saturated heterocycles. The Bertz CT molecular complexity index is 348. The molecule has 2 unspecified atom stereocenters. The van der Waals surface area contributed by atoms with Crippen molar-refractivity contribution in [2.24, 2.45) is 0 Å². The van der Waals surface area contributed by atoms with E-state index in [2.05, 4.69) is 36.9 Å². The molecule has 2 N–H and O–H groups in total. The molecule has 1 fully saturated rings. The fourth-order valence-electron chi connectivity index (χ4n) is 2.82. The molecule has 0 radical (unpaired) electrons. The highest BCUT2D eigenvalue weighted by molar-refractivity contribution is 5.41. The maximum absolute atomic E-state index is 5.84. The van der Waals surface area contributed by atoms with E-state index in [1.165, 1.54) is 31.4 Å². The van der Waals surface area contributed by atoms with Crippen LogP contribution in [0, 0.1) is 0 Å². The third-order valence-electron chi connectivity index (χ3n) is 3.78. The van der Waals surface area contributed by atoms with Gasteiger partial charge in [0, 0.05) is 17.8 Å². The number of rotatable bonds is 3. The van der Waals surface area contributed by atoms with E-state index in [-0.39, 0.29) is 0 Å². The van der Waals surface area contributed by atoms with Gasteiger partial charge in [-0.2, -0.15) is 0 Å². The molecule has 1 aliphatic heterocycles. The van der Waals surface area contributed by atoms with E-state index in [9.17, 15) is 0 Å². The van der Waals surface area contributed by atoms with Gasteiger partial charge in [-0.05, 0) is 50.4 Å². The summed E-state index contributed by atoms with van der Waals surface area (Å²) >= 11 is 0. The molecule has 2 rings (SSSR count). The molecule has 1 aliphatic rings. The number of hydrogen-bond donors (Lipinski definition) is 1. The Morgan fingerprint density at radius 2 is 2.31 bits per heavy atom. The zero-order chi connectivity index (χ0) is 11.5. The van der Waals surface area contributed by atoms with Crippen LogP contribution in [0.5, 0.6) is 0 Å². The molecule has 16 heavy (non-hydrogen) atoms. The molecule has 0 bridgehead atoms. The molecule has 1 aromatic rings. The molecule has 1 aromatic carbocycles. The molecule has 0 spiro atoms. The summed E-state index contributed by atoms with van der Waals surface area (Å²) < 4.78 is 0. The minimum absolute atomic E-state index is 0.496. The molecular weight excluding hydrogens is 196 g/mol. The maximum Gasteiger partial charge on any atom is 0.0323 e. The van der Waals surface area contributed by atoms with E-state index in [1.807, 2.05) is 6.07 Å². The van der Waals surface area contributed by atoms with Gasteiger partial charge in [-0.1, -0.05) is 19.1 Å². The van der Waals surface area contributed by atoms with Gasteiger partial charge in [0.1, 0.15) is 0 Å². The van der Waals surface area contributed by atoms with Gasteiger partial charge in [0.25, 0.3) is 0 Å². The highest BCUT2D eigenvalue weighted by Crippen LogP contribution is 2.30. The smallest absolute Gasteiger partial charge is 0.0323 e.